The molecule has 2 aliphatic rings. The number of rotatable bonds is 2. The number of ether oxygens (including phenoxy) is 2. The van der Waals surface area contributed by atoms with Gasteiger partial charge in [-0.1, -0.05) is 0 Å². The highest BCUT2D eigenvalue weighted by molar-refractivity contribution is 5.69. The largest absolute Gasteiger partial charge is 0.427 e. The normalized spacial score (nSPS) is 28.1. The summed E-state index contributed by atoms with van der Waals surface area (Å²) < 4.78 is 10.2. The second-order valence-electron chi connectivity index (χ2n) is 4.12. The van der Waals surface area contributed by atoms with Crippen molar-refractivity contribution in [2.24, 2.45) is 11.8 Å². The third-order valence-electron chi connectivity index (χ3n) is 2.92. The van der Waals surface area contributed by atoms with Gasteiger partial charge in [0.1, 0.15) is 11.5 Å². The summed E-state index contributed by atoms with van der Waals surface area (Å²) in [6.45, 7) is 2.73. The van der Waals surface area contributed by atoms with Crippen LogP contribution < -0.4 is 0 Å². The summed E-state index contributed by atoms with van der Waals surface area (Å²) in [4.78, 5) is 21.8. The van der Waals surface area contributed by atoms with Gasteiger partial charge in [-0.15, -0.1) is 0 Å². The number of hydrogen-bond acceptors (Lipinski definition) is 4. The van der Waals surface area contributed by atoms with Crippen LogP contribution in [0.25, 0.3) is 0 Å². The van der Waals surface area contributed by atoms with Crippen molar-refractivity contribution >= 4 is 11.9 Å². The molecule has 0 aromatic carbocycles. The number of hydrogen-bond donors (Lipinski definition) is 0. The van der Waals surface area contributed by atoms with Crippen molar-refractivity contribution in [3.05, 3.63) is 11.5 Å². The van der Waals surface area contributed by atoms with Crippen LogP contribution in [0.15, 0.2) is 11.5 Å². The number of carbonyl (C=O) groups is 2. The molecule has 1 fully saturated rings. The second-order valence-corrected chi connectivity index (χ2v) is 4.12. The molecule has 0 N–H and O–H groups in total. The molecular formula is C11H14O4. The minimum Gasteiger partial charge on any atom is -0.427 e. The van der Waals surface area contributed by atoms with E-state index in [0.717, 1.165) is 19.3 Å². The van der Waals surface area contributed by atoms with Gasteiger partial charge in [0, 0.05) is 25.7 Å². The van der Waals surface area contributed by atoms with Gasteiger partial charge in [0.15, 0.2) is 0 Å². The molecule has 1 saturated carbocycles. The van der Waals surface area contributed by atoms with Crippen LogP contribution in [-0.4, -0.2) is 11.9 Å². The zero-order chi connectivity index (χ0) is 11.0. The van der Waals surface area contributed by atoms with Gasteiger partial charge in [0.25, 0.3) is 0 Å². The highest BCUT2D eigenvalue weighted by Crippen LogP contribution is 2.49. The molecule has 0 aliphatic heterocycles. The molecule has 4 nitrogen and oxygen atoms in total. The van der Waals surface area contributed by atoms with E-state index in [-0.39, 0.29) is 23.8 Å². The van der Waals surface area contributed by atoms with Crippen LogP contribution in [0.3, 0.4) is 0 Å². The smallest absolute Gasteiger partial charge is 0.307 e. The molecule has 15 heavy (non-hydrogen) atoms. The first kappa shape index (κ1) is 10.2. The van der Waals surface area contributed by atoms with E-state index in [1.807, 2.05) is 0 Å². The zero-order valence-corrected chi connectivity index (χ0v) is 8.91. The van der Waals surface area contributed by atoms with E-state index in [9.17, 15) is 9.59 Å². The second kappa shape index (κ2) is 3.68. The molecule has 0 amide bonds. The number of esters is 2. The Morgan fingerprint density at radius 1 is 1.00 bits per heavy atom. The summed E-state index contributed by atoms with van der Waals surface area (Å²) in [5, 5.41) is 0. The predicted octanol–water partition coefficient (Wildman–Crippen LogP) is 1.75. The van der Waals surface area contributed by atoms with E-state index in [1.54, 1.807) is 0 Å². The summed E-state index contributed by atoms with van der Waals surface area (Å²) in [6.07, 6.45) is 3.00. The standard InChI is InChI=1S/C11H14O4/c1-6(12)14-10-8-3-4-9(5-8)11(10)15-7(2)13/h8-9H,3-5H2,1-2H3. The third-order valence-corrected chi connectivity index (χ3v) is 2.92. The summed E-state index contributed by atoms with van der Waals surface area (Å²) in [6, 6.07) is 0. The molecule has 2 aliphatic carbocycles. The maximum Gasteiger partial charge on any atom is 0.307 e. The summed E-state index contributed by atoms with van der Waals surface area (Å²) in [5.41, 5.74) is 0. The van der Waals surface area contributed by atoms with Crippen molar-refractivity contribution < 1.29 is 19.1 Å². The fourth-order valence-electron chi connectivity index (χ4n) is 2.44. The minimum atomic E-state index is -0.345. The molecule has 82 valence electrons. The highest BCUT2D eigenvalue weighted by atomic mass is 16.6. The lowest BCUT2D eigenvalue weighted by molar-refractivity contribution is -0.142. The fraction of sp³-hybridized carbons (Fsp3) is 0.636. The molecule has 0 saturated heterocycles. The first-order valence-electron chi connectivity index (χ1n) is 5.19. The van der Waals surface area contributed by atoms with Gasteiger partial charge in [-0.25, -0.2) is 0 Å². The van der Waals surface area contributed by atoms with Crippen LogP contribution in [0.4, 0.5) is 0 Å². The van der Waals surface area contributed by atoms with Gasteiger partial charge >= 0.3 is 11.9 Å². The number of carbonyl (C=O) groups excluding carboxylic acids is 2. The Morgan fingerprint density at radius 2 is 1.40 bits per heavy atom. The Balaban J connectivity index is 2.22. The monoisotopic (exact) mass is 210 g/mol. The number of allylic oxidation sites excluding steroid dienone is 2. The van der Waals surface area contributed by atoms with Crippen molar-refractivity contribution in [1.82, 2.24) is 0 Å². The molecule has 0 aromatic rings. The lowest BCUT2D eigenvalue weighted by Crippen LogP contribution is -2.13. The van der Waals surface area contributed by atoms with Crippen molar-refractivity contribution in [2.45, 2.75) is 33.1 Å². The van der Waals surface area contributed by atoms with Crippen LogP contribution in [0, 0.1) is 11.8 Å². The van der Waals surface area contributed by atoms with Gasteiger partial charge in [0.05, 0.1) is 0 Å². The highest BCUT2D eigenvalue weighted by Gasteiger charge is 2.43. The minimum absolute atomic E-state index is 0.272. The van der Waals surface area contributed by atoms with E-state index in [1.165, 1.54) is 13.8 Å². The summed E-state index contributed by atoms with van der Waals surface area (Å²) in [7, 11) is 0. The summed E-state index contributed by atoms with van der Waals surface area (Å²) >= 11 is 0. The Kier molecular flexibility index (Phi) is 2.50. The lowest BCUT2D eigenvalue weighted by atomic mass is 10.0. The molecule has 2 atom stereocenters. The molecule has 0 radical (unpaired) electrons. The summed E-state index contributed by atoms with van der Waals surface area (Å²) in [5.74, 6) is 1.04. The van der Waals surface area contributed by atoms with Crippen LogP contribution in [0.2, 0.25) is 0 Å². The van der Waals surface area contributed by atoms with E-state index >= 15 is 0 Å². The maximum atomic E-state index is 10.9. The van der Waals surface area contributed by atoms with E-state index in [4.69, 9.17) is 9.47 Å². The molecular weight excluding hydrogens is 196 g/mol. The lowest BCUT2D eigenvalue weighted by Gasteiger charge is -2.17. The van der Waals surface area contributed by atoms with Gasteiger partial charge < -0.3 is 9.47 Å². The predicted molar refractivity (Wildman–Crippen MR) is 51.4 cm³/mol. The van der Waals surface area contributed by atoms with E-state index < -0.39 is 0 Å². The molecule has 4 heteroatoms. The van der Waals surface area contributed by atoms with Crippen LogP contribution in [-0.2, 0) is 19.1 Å². The van der Waals surface area contributed by atoms with Crippen molar-refractivity contribution in [1.29, 1.82) is 0 Å². The van der Waals surface area contributed by atoms with Gasteiger partial charge in [-0.2, -0.15) is 0 Å². The van der Waals surface area contributed by atoms with Crippen molar-refractivity contribution in [2.75, 3.05) is 0 Å². The average Bonchev–Trinajstić information content (AvgIpc) is 2.67. The van der Waals surface area contributed by atoms with Crippen molar-refractivity contribution in [3.8, 4) is 0 Å². The molecule has 2 bridgehead atoms. The number of fused-ring (bicyclic) bond motifs is 2. The van der Waals surface area contributed by atoms with Crippen LogP contribution in [0.5, 0.6) is 0 Å². The Morgan fingerprint density at radius 3 is 1.73 bits per heavy atom. The van der Waals surface area contributed by atoms with Crippen LogP contribution >= 0.6 is 0 Å². The average molecular weight is 210 g/mol. The Hall–Kier alpha value is -1.32. The molecule has 0 spiro atoms. The van der Waals surface area contributed by atoms with Crippen molar-refractivity contribution in [3.63, 3.8) is 0 Å². The van der Waals surface area contributed by atoms with Crippen LogP contribution in [0.1, 0.15) is 33.1 Å². The quantitative estimate of drug-likeness (QED) is 0.651. The topological polar surface area (TPSA) is 52.6 Å². The van der Waals surface area contributed by atoms with E-state index in [2.05, 4.69) is 0 Å². The van der Waals surface area contributed by atoms with Gasteiger partial charge in [0.2, 0.25) is 0 Å². The first-order chi connectivity index (χ1) is 7.08. The molecule has 2 rings (SSSR count). The Labute approximate surface area is 88.2 Å². The zero-order valence-electron chi connectivity index (χ0n) is 8.91. The molecule has 2 unspecified atom stereocenters. The molecule has 0 heterocycles. The van der Waals surface area contributed by atoms with Gasteiger partial charge in [-0.05, 0) is 19.3 Å². The van der Waals surface area contributed by atoms with Gasteiger partial charge in [-0.3, -0.25) is 9.59 Å². The third kappa shape index (κ3) is 1.89. The molecule has 0 aromatic heterocycles. The Bertz CT molecular complexity index is 310. The first-order valence-corrected chi connectivity index (χ1v) is 5.19. The fourth-order valence-corrected chi connectivity index (χ4v) is 2.44. The SMILES string of the molecule is CC(=O)OC1=C(OC(C)=O)C2CCC1C2. The maximum absolute atomic E-state index is 10.9. The van der Waals surface area contributed by atoms with E-state index in [0.29, 0.717) is 11.5 Å².